The molecule has 16 heteroatoms. The van der Waals surface area contributed by atoms with E-state index >= 15 is 4.39 Å². The summed E-state index contributed by atoms with van der Waals surface area (Å²) < 4.78 is 38.4. The molecule has 222 valence electrons. The van der Waals surface area contributed by atoms with E-state index in [1.165, 1.54) is 39.9 Å². The highest BCUT2D eigenvalue weighted by atomic mass is 35.5. The van der Waals surface area contributed by atoms with E-state index in [0.717, 1.165) is 6.07 Å². The van der Waals surface area contributed by atoms with E-state index in [0.29, 0.717) is 30.5 Å². The van der Waals surface area contributed by atoms with Gasteiger partial charge in [-0.3, -0.25) is 9.69 Å². The molecule has 1 fully saturated rings. The number of nitrogens with zero attached hydrogens (tertiary/aromatic N) is 9. The number of carbonyl (C=O) groups excluding carboxylic acids is 2. The van der Waals surface area contributed by atoms with Crippen LogP contribution in [0.4, 0.5) is 19.3 Å². The predicted molar refractivity (Wildman–Crippen MR) is 137 cm³/mol. The van der Waals surface area contributed by atoms with E-state index in [2.05, 4.69) is 20.6 Å². The van der Waals surface area contributed by atoms with Gasteiger partial charge in [0.05, 0.1) is 11.7 Å². The Morgan fingerprint density at radius 2 is 1.90 bits per heavy atom. The van der Waals surface area contributed by atoms with Crippen LogP contribution in [0.5, 0.6) is 0 Å². The normalized spacial score (nSPS) is 15.3. The number of carbonyl (C=O) groups is 2. The lowest BCUT2D eigenvalue weighted by Gasteiger charge is -2.38. The summed E-state index contributed by atoms with van der Waals surface area (Å²) >= 11 is 0. The Hall–Kier alpha value is -4.50. The molecule has 2 unspecified atom stereocenters. The van der Waals surface area contributed by atoms with Gasteiger partial charge >= 0.3 is 12.0 Å². The molecule has 1 aliphatic heterocycles. The third kappa shape index (κ3) is 6.21. The van der Waals surface area contributed by atoms with Gasteiger partial charge in [0.2, 0.25) is 6.33 Å². The zero-order valence-electron chi connectivity index (χ0n) is 22.7. The Morgan fingerprint density at radius 1 is 1.17 bits per heavy atom. The predicted octanol–water partition coefficient (Wildman–Crippen LogP) is -1.79. The molecular weight excluding hydrogens is 576 g/mol. The Labute approximate surface area is 245 Å². The van der Waals surface area contributed by atoms with Gasteiger partial charge in [-0.1, -0.05) is 6.07 Å². The summed E-state index contributed by atoms with van der Waals surface area (Å²) in [5, 5.41) is 27.4. The van der Waals surface area contributed by atoms with Crippen molar-refractivity contribution >= 4 is 17.7 Å². The largest absolute Gasteiger partial charge is 1.00 e. The lowest BCUT2D eigenvalue weighted by atomic mass is 9.85. The van der Waals surface area contributed by atoms with Gasteiger partial charge in [0.15, 0.2) is 0 Å². The minimum atomic E-state index is -1.99. The van der Waals surface area contributed by atoms with Gasteiger partial charge in [0.1, 0.15) is 43.3 Å². The average Bonchev–Trinajstić information content (AvgIpc) is 3.70. The minimum Gasteiger partial charge on any atom is -1.00 e. The van der Waals surface area contributed by atoms with Crippen molar-refractivity contribution in [3.05, 3.63) is 78.6 Å². The second kappa shape index (κ2) is 12.6. The fourth-order valence-corrected chi connectivity index (χ4v) is 4.86. The quantitative estimate of drug-likeness (QED) is 0.166. The molecule has 2 amide bonds. The summed E-state index contributed by atoms with van der Waals surface area (Å²) in [6.07, 6.45) is 4.49. The number of benzene rings is 2. The first kappa shape index (κ1) is 30.5. The van der Waals surface area contributed by atoms with E-state index in [-0.39, 0.29) is 43.7 Å². The van der Waals surface area contributed by atoms with Crippen LogP contribution in [0, 0.1) is 11.6 Å². The topological polar surface area (TPSA) is 135 Å². The zero-order valence-corrected chi connectivity index (χ0v) is 23.5. The molecule has 0 aliphatic carbocycles. The van der Waals surface area contributed by atoms with Crippen molar-refractivity contribution in [2.75, 3.05) is 24.6 Å². The van der Waals surface area contributed by atoms with Crippen LogP contribution in [0.1, 0.15) is 19.4 Å². The molecule has 42 heavy (non-hydrogen) atoms. The fraction of sp³-hybridized carbons (Fsp3) is 0.346. The number of amides is 2. The molecular formula is C26H28ClF2N9O4. The molecule has 4 aromatic rings. The van der Waals surface area contributed by atoms with Crippen LogP contribution in [0.2, 0.25) is 0 Å². The molecule has 0 bridgehead atoms. The molecule has 2 aromatic carbocycles. The van der Waals surface area contributed by atoms with Gasteiger partial charge in [-0.05, 0) is 47.7 Å². The van der Waals surface area contributed by atoms with Crippen LogP contribution in [0.15, 0.2) is 61.4 Å². The van der Waals surface area contributed by atoms with Gasteiger partial charge in [-0.2, -0.15) is 0 Å². The van der Waals surface area contributed by atoms with Crippen molar-refractivity contribution < 1.29 is 45.2 Å². The fourth-order valence-electron chi connectivity index (χ4n) is 4.86. The highest BCUT2D eigenvalue weighted by molar-refractivity contribution is 5.94. The maximum atomic E-state index is 15.1. The van der Waals surface area contributed by atoms with Gasteiger partial charge in [-0.25, -0.2) is 22.8 Å². The van der Waals surface area contributed by atoms with E-state index in [9.17, 15) is 19.1 Å². The first-order chi connectivity index (χ1) is 19.7. The average molecular weight is 604 g/mol. The van der Waals surface area contributed by atoms with E-state index in [1.54, 1.807) is 47.0 Å². The number of esters is 1. The summed E-state index contributed by atoms with van der Waals surface area (Å²) in [7, 11) is 0. The number of ether oxygens (including phenoxy) is 1. The number of aliphatic hydroxyl groups is 1. The Balaban J connectivity index is 0.00000405. The molecule has 2 aromatic heterocycles. The number of hydrogen-bond acceptors (Lipinski definition) is 8. The molecule has 3 heterocycles. The number of rotatable bonds is 10. The molecule has 1 aliphatic rings. The van der Waals surface area contributed by atoms with Crippen LogP contribution in [0.25, 0.3) is 5.69 Å². The SMILES string of the molecule is CC(=O)OCC[n+]1cnn(CC(O)(c2ccc(F)cc2F)C(C)N2CCN(c3ccc(-n4cnnn4)cc3)C2=O)c1.[Cl-]. The van der Waals surface area contributed by atoms with Crippen LogP contribution in [0.3, 0.4) is 0 Å². The molecule has 1 saturated heterocycles. The highest BCUT2D eigenvalue weighted by Crippen LogP contribution is 2.35. The van der Waals surface area contributed by atoms with Gasteiger partial charge < -0.3 is 27.2 Å². The van der Waals surface area contributed by atoms with Gasteiger partial charge in [0.25, 0.3) is 6.33 Å². The van der Waals surface area contributed by atoms with E-state index < -0.39 is 29.2 Å². The third-order valence-corrected chi connectivity index (χ3v) is 7.06. The molecule has 1 N–H and O–H groups in total. The first-order valence-corrected chi connectivity index (χ1v) is 12.8. The molecule has 0 saturated carbocycles. The Kier molecular flexibility index (Phi) is 9.11. The third-order valence-electron chi connectivity index (χ3n) is 7.06. The zero-order chi connectivity index (χ0) is 29.1. The lowest BCUT2D eigenvalue weighted by molar-refractivity contribution is -0.698. The molecule has 0 radical (unpaired) electrons. The monoisotopic (exact) mass is 603 g/mol. The second-order valence-electron chi connectivity index (χ2n) is 9.64. The van der Waals surface area contributed by atoms with Crippen LogP contribution >= 0.6 is 0 Å². The Morgan fingerprint density at radius 3 is 2.57 bits per heavy atom. The maximum Gasteiger partial charge on any atom is 0.324 e. The standard InChI is InChI=1S/C26H28F2N9O4.ClH/c1-18(35-9-10-36(25(35)39)21-4-6-22(7-5-21)37-15-29-31-32-37)26(40,23-8-3-20(27)13-24(23)28)14-34-17-33(16-30-34)11-12-41-19(2)38;/h3-8,13,15-18,40H,9-12,14H2,1-2H3;1H/q+1;/p-1. The number of tetrazole rings is 1. The summed E-state index contributed by atoms with van der Waals surface area (Å²) in [4.78, 5) is 27.7. The Bertz CT molecular complexity index is 1540. The summed E-state index contributed by atoms with van der Waals surface area (Å²) in [5.41, 5.74) is -0.835. The lowest BCUT2D eigenvalue weighted by Crippen LogP contribution is -3.00. The smallest absolute Gasteiger partial charge is 0.324 e. The second-order valence-corrected chi connectivity index (χ2v) is 9.64. The van der Waals surface area contributed by atoms with Crippen molar-refractivity contribution in [2.45, 2.75) is 38.6 Å². The molecule has 5 rings (SSSR count). The number of halogens is 3. The first-order valence-electron chi connectivity index (χ1n) is 12.8. The molecule has 13 nitrogen and oxygen atoms in total. The number of urea groups is 1. The number of anilines is 1. The highest BCUT2D eigenvalue weighted by Gasteiger charge is 2.47. The van der Waals surface area contributed by atoms with E-state index in [4.69, 9.17) is 4.74 Å². The van der Waals surface area contributed by atoms with Crippen LogP contribution < -0.4 is 21.9 Å². The van der Waals surface area contributed by atoms with Crippen molar-refractivity contribution in [1.29, 1.82) is 0 Å². The van der Waals surface area contributed by atoms with Gasteiger partial charge in [0, 0.05) is 42.4 Å². The maximum absolute atomic E-state index is 15.1. The van der Waals surface area contributed by atoms with Crippen LogP contribution in [-0.2, 0) is 28.2 Å². The van der Waals surface area contributed by atoms with Crippen LogP contribution in [-0.4, -0.2) is 77.7 Å². The van der Waals surface area contributed by atoms with Crippen molar-refractivity contribution in [1.82, 2.24) is 34.9 Å². The number of hydrogen-bond donors (Lipinski definition) is 1. The van der Waals surface area contributed by atoms with Crippen molar-refractivity contribution in [3.8, 4) is 5.69 Å². The van der Waals surface area contributed by atoms with Gasteiger partial charge in [-0.15, -0.1) is 9.78 Å². The van der Waals surface area contributed by atoms with Crippen molar-refractivity contribution in [3.63, 3.8) is 0 Å². The molecule has 2 atom stereocenters. The molecule has 0 spiro atoms. The summed E-state index contributed by atoms with van der Waals surface area (Å²) in [6, 6.07) is 8.65. The van der Waals surface area contributed by atoms with Crippen molar-refractivity contribution in [2.24, 2.45) is 0 Å². The summed E-state index contributed by atoms with van der Waals surface area (Å²) in [6.45, 7) is 3.68. The number of aromatic nitrogens is 7. The minimum absolute atomic E-state index is 0. The van der Waals surface area contributed by atoms with E-state index in [1.807, 2.05) is 0 Å². The summed E-state index contributed by atoms with van der Waals surface area (Å²) in [5.74, 6) is -2.16.